The smallest absolute Gasteiger partial charge is 0.311 e. The van der Waals surface area contributed by atoms with Crippen molar-refractivity contribution in [2.75, 3.05) is 26.7 Å². The van der Waals surface area contributed by atoms with Crippen LogP contribution in [0.1, 0.15) is 92.0 Å². The largest absolute Gasteiger partial charge is 0.481 e. The number of likely N-dealkylation sites (N-methyl/N-ethyl adjacent to an activating group) is 1. The second kappa shape index (κ2) is 25.3. The molecule has 0 aliphatic carbocycles. The third-order valence-electron chi connectivity index (χ3n) is 6.73. The van der Waals surface area contributed by atoms with Crippen LogP contribution in [0.25, 0.3) is 11.1 Å². The van der Waals surface area contributed by atoms with E-state index >= 15 is 0 Å². The summed E-state index contributed by atoms with van der Waals surface area (Å²) in [5, 5.41) is 13.5. The second-order valence-electron chi connectivity index (χ2n) is 10.3. The summed E-state index contributed by atoms with van der Waals surface area (Å²) < 4.78 is 5.44. The molecule has 3 rings (SSSR count). The van der Waals surface area contributed by atoms with Gasteiger partial charge in [0.1, 0.15) is 5.76 Å². The van der Waals surface area contributed by atoms with E-state index in [0.29, 0.717) is 12.8 Å². The summed E-state index contributed by atoms with van der Waals surface area (Å²) in [6, 6.07) is 9.80. The number of carboxylic acid groups (broad SMARTS) is 1. The zero-order valence-corrected chi connectivity index (χ0v) is 31.1. The third-order valence-corrected chi connectivity index (χ3v) is 7.76. The molecule has 0 saturated heterocycles. The van der Waals surface area contributed by atoms with Crippen LogP contribution in [0.5, 0.6) is 0 Å². The van der Waals surface area contributed by atoms with E-state index in [-0.39, 0.29) is 17.9 Å². The Morgan fingerprint density at radius 3 is 2.02 bits per heavy atom. The highest BCUT2D eigenvalue weighted by molar-refractivity contribution is 7.08. The van der Waals surface area contributed by atoms with Gasteiger partial charge in [0.25, 0.3) is 5.91 Å². The number of aldehydes is 1. The Kier molecular flexibility index (Phi) is 24.8. The standard InChI is InChI=1S/C13H13ClO.C10H20N2O2.C9H12O2S.2C2H6/c1-3-10-9(2)15-8-12(10)11-6-4-5-7-13(11)14;1-5-11(4)6-7-12(9(2)3)10(14)8-13;1-6(2)8(9(10)11)7-3-4-12-5-7;2*1-2/h4-8H,3H2,1-2H3;8-9H,5-7H2,1-4H3;3-6,8H,1-2H3,(H,10,11);2*1-2H3. The molecule has 0 aliphatic rings. The van der Waals surface area contributed by atoms with Crippen LogP contribution in [0.2, 0.25) is 5.02 Å². The lowest BCUT2D eigenvalue weighted by molar-refractivity contribution is -0.140. The minimum Gasteiger partial charge on any atom is -0.481 e. The average molecular weight is 665 g/mol. The first kappa shape index (κ1) is 44.2. The zero-order valence-electron chi connectivity index (χ0n) is 29.5. The van der Waals surface area contributed by atoms with E-state index in [0.717, 1.165) is 47.0 Å². The van der Waals surface area contributed by atoms with Crippen LogP contribution in [0.15, 0.2) is 51.8 Å². The molecule has 3 aromatic rings. The van der Waals surface area contributed by atoms with Crippen molar-refractivity contribution < 1.29 is 23.9 Å². The number of carboxylic acids is 1. The highest BCUT2D eigenvalue weighted by atomic mass is 35.5. The summed E-state index contributed by atoms with van der Waals surface area (Å²) in [6.45, 7) is 24.2. The Morgan fingerprint density at radius 2 is 1.60 bits per heavy atom. The minimum absolute atomic E-state index is 0.0814. The molecule has 0 spiro atoms. The molecule has 0 fully saturated rings. The molecule has 7 nitrogen and oxygen atoms in total. The predicted octanol–water partition coefficient (Wildman–Crippen LogP) is 9.47. The number of amides is 1. The van der Waals surface area contributed by atoms with Gasteiger partial charge in [0, 0.05) is 40.8 Å². The fourth-order valence-corrected chi connectivity index (χ4v) is 5.15. The number of rotatable bonds is 11. The van der Waals surface area contributed by atoms with Crippen LogP contribution in [-0.4, -0.2) is 65.8 Å². The van der Waals surface area contributed by atoms with Gasteiger partial charge in [-0.05, 0) is 75.2 Å². The number of carbonyl (C=O) groups excluding carboxylic acids is 2. The first-order valence-corrected chi connectivity index (χ1v) is 17.2. The molecule has 1 unspecified atom stereocenters. The Bertz CT molecular complexity index is 1210. The number of aryl methyl sites for hydroxylation is 1. The van der Waals surface area contributed by atoms with E-state index < -0.39 is 11.9 Å². The van der Waals surface area contributed by atoms with Crippen LogP contribution in [0, 0.1) is 12.8 Å². The zero-order chi connectivity index (χ0) is 35.1. The number of hydrogen-bond donors (Lipinski definition) is 1. The van der Waals surface area contributed by atoms with Crippen LogP contribution >= 0.6 is 22.9 Å². The monoisotopic (exact) mass is 664 g/mol. The maximum absolute atomic E-state index is 11.2. The molecule has 2 heterocycles. The molecule has 254 valence electrons. The molecule has 0 aliphatic heterocycles. The van der Waals surface area contributed by atoms with Gasteiger partial charge in [-0.3, -0.25) is 14.4 Å². The predicted molar refractivity (Wildman–Crippen MR) is 192 cm³/mol. The van der Waals surface area contributed by atoms with Crippen molar-refractivity contribution in [2.24, 2.45) is 5.92 Å². The number of thiophene rings is 1. The first-order valence-electron chi connectivity index (χ1n) is 15.9. The number of nitrogens with zero attached hydrogens (tertiary/aromatic N) is 2. The van der Waals surface area contributed by atoms with Crippen LogP contribution in [0.4, 0.5) is 0 Å². The number of furan rings is 1. The molecular weight excluding hydrogens is 608 g/mol. The Balaban J connectivity index is 0. The SMILES string of the molecule is CC.CC.CC(C)C(C(=O)O)c1ccsc1.CCN(C)CCN(C(=O)C=O)C(C)C.CCc1c(-c2ccccc2Cl)coc1C. The van der Waals surface area contributed by atoms with E-state index in [1.807, 2.05) is 110 Å². The minimum atomic E-state index is -0.733. The van der Waals surface area contributed by atoms with Crippen molar-refractivity contribution >= 4 is 41.1 Å². The van der Waals surface area contributed by atoms with Gasteiger partial charge in [-0.1, -0.05) is 85.2 Å². The van der Waals surface area contributed by atoms with Gasteiger partial charge >= 0.3 is 5.97 Å². The van der Waals surface area contributed by atoms with Crippen molar-refractivity contribution in [3.8, 4) is 11.1 Å². The van der Waals surface area contributed by atoms with E-state index in [4.69, 9.17) is 21.1 Å². The molecule has 0 bridgehead atoms. The van der Waals surface area contributed by atoms with Gasteiger partial charge in [0.2, 0.25) is 6.29 Å². The maximum Gasteiger partial charge on any atom is 0.311 e. The maximum atomic E-state index is 11.2. The van der Waals surface area contributed by atoms with Gasteiger partial charge in [-0.25, -0.2) is 0 Å². The number of aliphatic carboxylic acids is 1. The lowest BCUT2D eigenvalue weighted by Crippen LogP contribution is -2.42. The number of hydrogen-bond acceptors (Lipinski definition) is 6. The van der Waals surface area contributed by atoms with Crippen molar-refractivity contribution in [3.05, 3.63) is 69.3 Å². The lowest BCUT2D eigenvalue weighted by atomic mass is 9.91. The third kappa shape index (κ3) is 15.8. The summed E-state index contributed by atoms with van der Waals surface area (Å²) in [6.07, 6.45) is 3.13. The molecule has 1 aromatic carbocycles. The van der Waals surface area contributed by atoms with Gasteiger partial charge in [0.15, 0.2) is 0 Å². The lowest BCUT2D eigenvalue weighted by Gasteiger charge is -2.26. The Morgan fingerprint density at radius 1 is 1.00 bits per heavy atom. The summed E-state index contributed by atoms with van der Waals surface area (Å²) in [5.41, 5.74) is 4.32. The molecule has 0 radical (unpaired) electrons. The molecule has 0 saturated carbocycles. The number of benzene rings is 1. The highest BCUT2D eigenvalue weighted by Crippen LogP contribution is 2.33. The molecule has 45 heavy (non-hydrogen) atoms. The second-order valence-corrected chi connectivity index (χ2v) is 11.5. The van der Waals surface area contributed by atoms with Crippen molar-refractivity contribution in [1.82, 2.24) is 9.80 Å². The fourth-order valence-electron chi connectivity index (χ4n) is 4.22. The highest BCUT2D eigenvalue weighted by Gasteiger charge is 2.23. The van der Waals surface area contributed by atoms with Crippen molar-refractivity contribution in [3.63, 3.8) is 0 Å². The topological polar surface area (TPSA) is 91.1 Å². The van der Waals surface area contributed by atoms with E-state index in [2.05, 4.69) is 18.7 Å². The Hall–Kier alpha value is -2.94. The molecule has 9 heteroatoms. The fraction of sp³-hybridized carbons (Fsp3) is 0.528. The Labute approximate surface area is 281 Å². The molecular formula is C36H57ClN2O5S. The summed E-state index contributed by atoms with van der Waals surface area (Å²) >= 11 is 7.69. The van der Waals surface area contributed by atoms with Gasteiger partial charge < -0.3 is 19.3 Å². The molecule has 1 N–H and O–H groups in total. The number of carbonyl (C=O) groups is 3. The van der Waals surface area contributed by atoms with E-state index in [1.54, 1.807) is 11.2 Å². The van der Waals surface area contributed by atoms with Crippen LogP contribution in [0.3, 0.4) is 0 Å². The van der Waals surface area contributed by atoms with Crippen molar-refractivity contribution in [2.45, 2.75) is 94.5 Å². The molecule has 1 amide bonds. The van der Waals surface area contributed by atoms with Crippen molar-refractivity contribution in [1.29, 1.82) is 0 Å². The molecule has 2 aromatic heterocycles. The normalized spacial score (nSPS) is 10.7. The number of halogens is 1. The average Bonchev–Trinajstić information content (AvgIpc) is 3.69. The van der Waals surface area contributed by atoms with Gasteiger partial charge in [-0.15, -0.1) is 0 Å². The van der Waals surface area contributed by atoms with Gasteiger partial charge in [0.05, 0.1) is 12.2 Å². The summed E-state index contributed by atoms with van der Waals surface area (Å²) in [7, 11) is 1.99. The van der Waals surface area contributed by atoms with Crippen LogP contribution < -0.4 is 0 Å². The first-order chi connectivity index (χ1) is 21.4. The van der Waals surface area contributed by atoms with Crippen LogP contribution in [-0.2, 0) is 20.8 Å². The summed E-state index contributed by atoms with van der Waals surface area (Å²) in [5.74, 6) is -0.381. The van der Waals surface area contributed by atoms with Gasteiger partial charge in [-0.2, -0.15) is 11.3 Å². The summed E-state index contributed by atoms with van der Waals surface area (Å²) in [4.78, 5) is 36.1. The quantitative estimate of drug-likeness (QED) is 0.162. The van der Waals surface area contributed by atoms with E-state index in [9.17, 15) is 14.4 Å². The molecule has 1 atom stereocenters. The van der Waals surface area contributed by atoms with E-state index in [1.165, 1.54) is 16.9 Å².